The first-order valence-corrected chi connectivity index (χ1v) is 7.56. The number of aromatic nitrogens is 3. The Labute approximate surface area is 144 Å². The van der Waals surface area contributed by atoms with Crippen molar-refractivity contribution in [1.29, 1.82) is 0 Å². The largest absolute Gasteiger partial charge is 0.497 e. The highest BCUT2D eigenvalue weighted by molar-refractivity contribution is 5.89. The summed E-state index contributed by atoms with van der Waals surface area (Å²) in [7, 11) is 3.18. The summed E-state index contributed by atoms with van der Waals surface area (Å²) in [6.45, 7) is 0.469. The van der Waals surface area contributed by atoms with Gasteiger partial charge in [-0.2, -0.15) is 9.97 Å². The number of hydrogen-bond donors (Lipinski definition) is 2. The number of rotatable bonds is 6. The van der Waals surface area contributed by atoms with Crippen LogP contribution in [0, 0.1) is 0 Å². The van der Waals surface area contributed by atoms with Gasteiger partial charge >= 0.3 is 0 Å². The number of nitrogen functional groups attached to an aromatic ring is 2. The first kappa shape index (κ1) is 16.9. The van der Waals surface area contributed by atoms with Crippen LogP contribution in [-0.2, 0) is 16.1 Å². The molecule has 0 unspecified atom stereocenters. The maximum atomic E-state index is 5.96. The highest BCUT2D eigenvalue weighted by Crippen LogP contribution is 2.29. The summed E-state index contributed by atoms with van der Waals surface area (Å²) in [5, 5.41) is 0.622. The third kappa shape index (κ3) is 3.59. The maximum Gasteiger partial charge on any atom is 0.224 e. The van der Waals surface area contributed by atoms with Gasteiger partial charge in [0.2, 0.25) is 5.95 Å². The molecule has 2 aromatic heterocycles. The van der Waals surface area contributed by atoms with Crippen LogP contribution in [0.1, 0.15) is 5.56 Å². The maximum absolute atomic E-state index is 5.96. The Hall–Kier alpha value is -2.97. The van der Waals surface area contributed by atoms with E-state index in [-0.39, 0.29) is 18.6 Å². The Kier molecular flexibility index (Phi) is 4.92. The number of benzene rings is 1. The smallest absolute Gasteiger partial charge is 0.224 e. The Bertz CT molecular complexity index is 901. The molecule has 0 aliphatic carbocycles. The van der Waals surface area contributed by atoms with Crippen molar-refractivity contribution in [3.63, 3.8) is 0 Å². The Balaban J connectivity index is 2.17. The standard InChI is InChI=1S/C17H19N5O3/c1-23-9-25-8-11-7-13-15(18)21-17(19)22-16(13)20-14(11)10-4-3-5-12(6-10)24-2/h3-7H,8-9H2,1-2H3,(H4,18,19,20,21,22). The minimum Gasteiger partial charge on any atom is -0.497 e. The van der Waals surface area contributed by atoms with Crippen molar-refractivity contribution in [3.05, 3.63) is 35.9 Å². The Morgan fingerprint density at radius 2 is 1.88 bits per heavy atom. The van der Waals surface area contributed by atoms with Gasteiger partial charge in [-0.25, -0.2) is 4.98 Å². The summed E-state index contributed by atoms with van der Waals surface area (Å²) in [4.78, 5) is 12.8. The molecule has 4 N–H and O–H groups in total. The summed E-state index contributed by atoms with van der Waals surface area (Å²) >= 11 is 0. The first-order chi connectivity index (χ1) is 12.1. The number of hydrogen-bond acceptors (Lipinski definition) is 8. The van der Waals surface area contributed by atoms with Gasteiger partial charge in [0, 0.05) is 18.2 Å². The molecule has 0 amide bonds. The average molecular weight is 341 g/mol. The summed E-state index contributed by atoms with van der Waals surface area (Å²) < 4.78 is 15.7. The fourth-order valence-electron chi connectivity index (χ4n) is 2.50. The van der Waals surface area contributed by atoms with Crippen molar-refractivity contribution < 1.29 is 14.2 Å². The van der Waals surface area contributed by atoms with E-state index < -0.39 is 0 Å². The van der Waals surface area contributed by atoms with Crippen molar-refractivity contribution in [3.8, 4) is 17.0 Å². The zero-order valence-electron chi connectivity index (χ0n) is 14.0. The molecule has 0 radical (unpaired) electrons. The van der Waals surface area contributed by atoms with Crippen LogP contribution in [0.25, 0.3) is 22.3 Å². The molecule has 130 valence electrons. The topological polar surface area (TPSA) is 118 Å². The molecular formula is C17H19N5O3. The lowest BCUT2D eigenvalue weighted by molar-refractivity contribution is -0.0389. The number of ether oxygens (including phenoxy) is 3. The lowest BCUT2D eigenvalue weighted by Gasteiger charge is -2.12. The monoisotopic (exact) mass is 341 g/mol. The highest BCUT2D eigenvalue weighted by Gasteiger charge is 2.14. The van der Waals surface area contributed by atoms with Crippen LogP contribution in [0.5, 0.6) is 5.75 Å². The van der Waals surface area contributed by atoms with E-state index in [9.17, 15) is 0 Å². The van der Waals surface area contributed by atoms with Gasteiger partial charge in [-0.15, -0.1) is 0 Å². The quantitative estimate of drug-likeness (QED) is 0.516. The zero-order chi connectivity index (χ0) is 17.8. The van der Waals surface area contributed by atoms with E-state index in [1.807, 2.05) is 30.3 Å². The van der Waals surface area contributed by atoms with Gasteiger partial charge in [-0.05, 0) is 18.2 Å². The van der Waals surface area contributed by atoms with E-state index in [0.29, 0.717) is 23.3 Å². The van der Waals surface area contributed by atoms with Crippen LogP contribution in [0.2, 0.25) is 0 Å². The molecule has 0 saturated carbocycles. The van der Waals surface area contributed by atoms with Crippen LogP contribution in [0.3, 0.4) is 0 Å². The van der Waals surface area contributed by atoms with E-state index in [1.54, 1.807) is 14.2 Å². The van der Waals surface area contributed by atoms with Crippen LogP contribution < -0.4 is 16.2 Å². The molecule has 3 aromatic rings. The van der Waals surface area contributed by atoms with Crippen molar-refractivity contribution in [2.24, 2.45) is 0 Å². The molecular weight excluding hydrogens is 322 g/mol. The van der Waals surface area contributed by atoms with Crippen LogP contribution in [-0.4, -0.2) is 36.0 Å². The molecule has 0 atom stereocenters. The molecule has 1 aromatic carbocycles. The fourth-order valence-corrected chi connectivity index (χ4v) is 2.50. The predicted molar refractivity (Wildman–Crippen MR) is 94.8 cm³/mol. The van der Waals surface area contributed by atoms with E-state index >= 15 is 0 Å². The average Bonchev–Trinajstić information content (AvgIpc) is 2.61. The van der Waals surface area contributed by atoms with Gasteiger partial charge in [0.15, 0.2) is 5.65 Å². The number of fused-ring (bicyclic) bond motifs is 1. The summed E-state index contributed by atoms with van der Waals surface area (Å²) in [5.41, 5.74) is 14.5. The molecule has 0 spiro atoms. The molecule has 2 heterocycles. The van der Waals surface area contributed by atoms with Gasteiger partial charge in [0.1, 0.15) is 18.4 Å². The van der Waals surface area contributed by atoms with Crippen molar-refractivity contribution in [1.82, 2.24) is 15.0 Å². The van der Waals surface area contributed by atoms with Crippen LogP contribution in [0.15, 0.2) is 30.3 Å². The Morgan fingerprint density at radius 3 is 2.64 bits per heavy atom. The van der Waals surface area contributed by atoms with Crippen molar-refractivity contribution in [2.75, 3.05) is 32.5 Å². The van der Waals surface area contributed by atoms with E-state index in [1.165, 1.54) is 0 Å². The second-order valence-corrected chi connectivity index (χ2v) is 5.32. The molecule has 0 aliphatic rings. The minimum atomic E-state index is 0.0810. The summed E-state index contributed by atoms with van der Waals surface area (Å²) in [6, 6.07) is 9.44. The van der Waals surface area contributed by atoms with E-state index in [2.05, 4.69) is 15.0 Å². The molecule has 8 heteroatoms. The number of nitrogens with zero attached hydrogens (tertiary/aromatic N) is 3. The third-order valence-electron chi connectivity index (χ3n) is 3.61. The normalized spacial score (nSPS) is 11.0. The number of nitrogens with two attached hydrogens (primary N) is 2. The number of methoxy groups -OCH3 is 2. The summed E-state index contributed by atoms with van der Waals surface area (Å²) in [6.07, 6.45) is 0. The second kappa shape index (κ2) is 7.29. The second-order valence-electron chi connectivity index (χ2n) is 5.32. The lowest BCUT2D eigenvalue weighted by atomic mass is 10.0. The van der Waals surface area contributed by atoms with Crippen LogP contribution in [0.4, 0.5) is 11.8 Å². The van der Waals surface area contributed by atoms with Crippen molar-refractivity contribution >= 4 is 22.8 Å². The summed E-state index contributed by atoms with van der Waals surface area (Å²) in [5.74, 6) is 1.09. The fraction of sp³-hybridized carbons (Fsp3) is 0.235. The molecule has 0 saturated heterocycles. The van der Waals surface area contributed by atoms with Gasteiger partial charge in [0.25, 0.3) is 0 Å². The van der Waals surface area contributed by atoms with Crippen molar-refractivity contribution in [2.45, 2.75) is 6.61 Å². The van der Waals surface area contributed by atoms with Gasteiger partial charge < -0.3 is 25.7 Å². The SMILES string of the molecule is COCOCc1cc2c(N)nc(N)nc2nc1-c1cccc(OC)c1. The molecule has 8 nitrogen and oxygen atoms in total. The lowest BCUT2D eigenvalue weighted by Crippen LogP contribution is -2.05. The van der Waals surface area contributed by atoms with Gasteiger partial charge in [-0.1, -0.05) is 12.1 Å². The molecule has 0 bridgehead atoms. The van der Waals surface area contributed by atoms with Gasteiger partial charge in [0.05, 0.1) is 24.8 Å². The number of anilines is 2. The van der Waals surface area contributed by atoms with E-state index in [0.717, 1.165) is 16.9 Å². The van der Waals surface area contributed by atoms with Gasteiger partial charge in [-0.3, -0.25) is 0 Å². The molecule has 0 aliphatic heterocycles. The number of pyridine rings is 1. The predicted octanol–water partition coefficient (Wildman–Crippen LogP) is 1.99. The van der Waals surface area contributed by atoms with E-state index in [4.69, 9.17) is 25.7 Å². The molecule has 3 rings (SSSR count). The Morgan fingerprint density at radius 1 is 1.04 bits per heavy atom. The highest BCUT2D eigenvalue weighted by atomic mass is 16.7. The van der Waals surface area contributed by atoms with Crippen LogP contribution >= 0.6 is 0 Å². The minimum absolute atomic E-state index is 0.0810. The zero-order valence-corrected chi connectivity index (χ0v) is 14.0. The molecule has 25 heavy (non-hydrogen) atoms. The third-order valence-corrected chi connectivity index (χ3v) is 3.61. The molecule has 0 fully saturated rings. The first-order valence-electron chi connectivity index (χ1n) is 7.56.